The molecule has 0 fully saturated rings. The molecule has 0 radical (unpaired) electrons. The lowest BCUT2D eigenvalue weighted by molar-refractivity contribution is -0.122. The average molecular weight is 186 g/mol. The van der Waals surface area contributed by atoms with Crippen molar-refractivity contribution in [3.05, 3.63) is 0 Å². The zero-order valence-corrected chi connectivity index (χ0v) is 9.18. The van der Waals surface area contributed by atoms with Gasteiger partial charge in [-0.15, -0.1) is 0 Å². The minimum absolute atomic E-state index is 0.0567. The van der Waals surface area contributed by atoms with E-state index in [0.717, 1.165) is 12.8 Å². The second-order valence-corrected chi connectivity index (χ2v) is 4.25. The highest BCUT2D eigenvalue weighted by molar-refractivity contribution is 5.77. The van der Waals surface area contributed by atoms with Crippen molar-refractivity contribution in [1.82, 2.24) is 5.32 Å². The molecule has 0 rings (SSSR count). The molecule has 0 saturated carbocycles. The van der Waals surface area contributed by atoms with Gasteiger partial charge in [0.05, 0.1) is 0 Å². The van der Waals surface area contributed by atoms with Crippen molar-refractivity contribution in [3.63, 3.8) is 0 Å². The quantitative estimate of drug-likeness (QED) is 0.682. The van der Waals surface area contributed by atoms with Gasteiger partial charge in [0.2, 0.25) is 5.91 Å². The van der Waals surface area contributed by atoms with Crippen LogP contribution < -0.4 is 11.1 Å². The van der Waals surface area contributed by atoms with E-state index < -0.39 is 5.54 Å². The lowest BCUT2D eigenvalue weighted by Crippen LogP contribution is -2.42. The molecule has 0 spiro atoms. The summed E-state index contributed by atoms with van der Waals surface area (Å²) in [6.07, 6.45) is 2.35. The van der Waals surface area contributed by atoms with E-state index in [1.807, 2.05) is 13.8 Å². The molecule has 13 heavy (non-hydrogen) atoms. The van der Waals surface area contributed by atoms with Crippen LogP contribution in [0, 0.1) is 0 Å². The van der Waals surface area contributed by atoms with Gasteiger partial charge in [-0.3, -0.25) is 4.79 Å². The largest absolute Gasteiger partial charge is 0.353 e. The zero-order chi connectivity index (χ0) is 10.5. The summed E-state index contributed by atoms with van der Waals surface area (Å²) in [4.78, 5) is 11.4. The Labute approximate surface area is 81.1 Å². The predicted molar refractivity (Wildman–Crippen MR) is 55.4 cm³/mol. The number of rotatable bonds is 5. The van der Waals surface area contributed by atoms with Gasteiger partial charge in [-0.05, 0) is 26.7 Å². The molecule has 3 heteroatoms. The topological polar surface area (TPSA) is 55.1 Å². The van der Waals surface area contributed by atoms with Gasteiger partial charge in [-0.1, -0.05) is 13.8 Å². The molecule has 0 aromatic rings. The predicted octanol–water partition coefficient (Wildman–Crippen LogP) is 1.42. The van der Waals surface area contributed by atoms with Gasteiger partial charge < -0.3 is 11.1 Å². The second kappa shape index (κ2) is 5.22. The van der Waals surface area contributed by atoms with Crippen LogP contribution in [-0.2, 0) is 4.79 Å². The van der Waals surface area contributed by atoms with Crippen LogP contribution in [0.4, 0.5) is 0 Å². The molecular formula is C10H22N2O. The highest BCUT2D eigenvalue weighted by atomic mass is 16.1. The first-order valence-electron chi connectivity index (χ1n) is 4.97. The second-order valence-electron chi connectivity index (χ2n) is 4.25. The Morgan fingerprint density at radius 3 is 2.15 bits per heavy atom. The molecule has 0 aliphatic rings. The summed E-state index contributed by atoms with van der Waals surface area (Å²) in [6, 6.07) is 0.301. The molecule has 0 unspecified atom stereocenters. The third-order valence-corrected chi connectivity index (χ3v) is 1.97. The summed E-state index contributed by atoms with van der Waals surface area (Å²) in [7, 11) is 0. The third kappa shape index (κ3) is 6.58. The van der Waals surface area contributed by atoms with E-state index in [-0.39, 0.29) is 5.91 Å². The van der Waals surface area contributed by atoms with E-state index in [1.54, 1.807) is 0 Å². The standard InChI is InChI=1S/C10H22N2O/c1-5-8(6-2)12-9(13)7-10(3,4)11/h8H,5-7,11H2,1-4H3,(H,12,13). The Balaban J connectivity index is 3.86. The van der Waals surface area contributed by atoms with Crippen LogP contribution in [0.25, 0.3) is 0 Å². The highest BCUT2D eigenvalue weighted by Gasteiger charge is 2.17. The van der Waals surface area contributed by atoms with Crippen LogP contribution in [-0.4, -0.2) is 17.5 Å². The van der Waals surface area contributed by atoms with Crippen molar-refractivity contribution < 1.29 is 4.79 Å². The molecule has 0 aliphatic heterocycles. The lowest BCUT2D eigenvalue weighted by Gasteiger charge is -2.20. The SMILES string of the molecule is CCC(CC)NC(=O)CC(C)(C)N. The Morgan fingerprint density at radius 2 is 1.85 bits per heavy atom. The first-order valence-corrected chi connectivity index (χ1v) is 4.97. The molecule has 0 bridgehead atoms. The van der Waals surface area contributed by atoms with E-state index in [2.05, 4.69) is 19.2 Å². The maximum atomic E-state index is 11.4. The average Bonchev–Trinajstić information content (AvgIpc) is 1.96. The normalized spacial score (nSPS) is 11.8. The van der Waals surface area contributed by atoms with Gasteiger partial charge in [0, 0.05) is 18.0 Å². The van der Waals surface area contributed by atoms with Crippen molar-refractivity contribution in [3.8, 4) is 0 Å². The van der Waals surface area contributed by atoms with Crippen molar-refractivity contribution in [2.75, 3.05) is 0 Å². The van der Waals surface area contributed by atoms with Crippen LogP contribution in [0.5, 0.6) is 0 Å². The number of nitrogens with one attached hydrogen (secondary N) is 1. The monoisotopic (exact) mass is 186 g/mol. The molecule has 1 amide bonds. The Morgan fingerprint density at radius 1 is 1.38 bits per heavy atom. The molecule has 3 N–H and O–H groups in total. The third-order valence-electron chi connectivity index (χ3n) is 1.97. The van der Waals surface area contributed by atoms with Gasteiger partial charge in [0.15, 0.2) is 0 Å². The minimum atomic E-state index is -0.407. The molecule has 0 heterocycles. The summed E-state index contributed by atoms with van der Waals surface area (Å²) < 4.78 is 0. The number of hydrogen-bond acceptors (Lipinski definition) is 2. The Kier molecular flexibility index (Phi) is 4.99. The zero-order valence-electron chi connectivity index (χ0n) is 9.18. The van der Waals surface area contributed by atoms with Crippen molar-refractivity contribution in [2.24, 2.45) is 5.73 Å². The van der Waals surface area contributed by atoms with Crippen LogP contribution in [0.1, 0.15) is 47.0 Å². The number of hydrogen-bond donors (Lipinski definition) is 2. The van der Waals surface area contributed by atoms with Crippen molar-refractivity contribution >= 4 is 5.91 Å². The maximum absolute atomic E-state index is 11.4. The summed E-state index contributed by atoms with van der Waals surface area (Å²) >= 11 is 0. The fourth-order valence-electron chi connectivity index (χ4n) is 1.19. The number of carbonyl (C=O) groups excluding carboxylic acids is 1. The lowest BCUT2D eigenvalue weighted by atomic mass is 10.0. The summed E-state index contributed by atoms with van der Waals surface area (Å²) in [5.74, 6) is 0.0567. The van der Waals surface area contributed by atoms with Gasteiger partial charge >= 0.3 is 0 Å². The summed E-state index contributed by atoms with van der Waals surface area (Å²) in [5, 5.41) is 2.95. The summed E-state index contributed by atoms with van der Waals surface area (Å²) in [5.41, 5.74) is 5.33. The van der Waals surface area contributed by atoms with E-state index in [0.29, 0.717) is 12.5 Å². The fraction of sp³-hybridized carbons (Fsp3) is 0.900. The van der Waals surface area contributed by atoms with E-state index in [9.17, 15) is 4.79 Å². The molecule has 0 atom stereocenters. The maximum Gasteiger partial charge on any atom is 0.222 e. The molecule has 3 nitrogen and oxygen atoms in total. The van der Waals surface area contributed by atoms with Crippen LogP contribution in [0.15, 0.2) is 0 Å². The van der Waals surface area contributed by atoms with Gasteiger partial charge in [0.1, 0.15) is 0 Å². The van der Waals surface area contributed by atoms with Crippen LogP contribution in [0.3, 0.4) is 0 Å². The molecule has 0 aromatic carbocycles. The van der Waals surface area contributed by atoms with E-state index >= 15 is 0 Å². The highest BCUT2D eigenvalue weighted by Crippen LogP contribution is 2.04. The van der Waals surface area contributed by atoms with Gasteiger partial charge in [-0.2, -0.15) is 0 Å². The molecule has 78 valence electrons. The first-order chi connectivity index (χ1) is 5.89. The van der Waals surface area contributed by atoms with Crippen LogP contribution >= 0.6 is 0 Å². The van der Waals surface area contributed by atoms with Crippen LogP contribution in [0.2, 0.25) is 0 Å². The number of nitrogens with two attached hydrogens (primary N) is 1. The molecule has 0 saturated heterocycles. The molecular weight excluding hydrogens is 164 g/mol. The molecule has 0 aliphatic carbocycles. The fourth-order valence-corrected chi connectivity index (χ4v) is 1.19. The number of amides is 1. The van der Waals surface area contributed by atoms with Gasteiger partial charge in [0.25, 0.3) is 0 Å². The van der Waals surface area contributed by atoms with E-state index in [4.69, 9.17) is 5.73 Å². The molecule has 0 aromatic heterocycles. The summed E-state index contributed by atoms with van der Waals surface area (Å²) in [6.45, 7) is 7.86. The number of carbonyl (C=O) groups is 1. The minimum Gasteiger partial charge on any atom is -0.353 e. The van der Waals surface area contributed by atoms with Crippen molar-refractivity contribution in [1.29, 1.82) is 0 Å². The van der Waals surface area contributed by atoms with Crippen molar-refractivity contribution in [2.45, 2.75) is 58.5 Å². The van der Waals surface area contributed by atoms with E-state index in [1.165, 1.54) is 0 Å². The first kappa shape index (κ1) is 12.4. The Hall–Kier alpha value is -0.570. The van der Waals surface area contributed by atoms with Gasteiger partial charge in [-0.25, -0.2) is 0 Å². The Bertz CT molecular complexity index is 157. The smallest absolute Gasteiger partial charge is 0.222 e.